The number of cyclic esters (lactones) is 1. The van der Waals surface area contributed by atoms with E-state index < -0.39 is 6.09 Å². The summed E-state index contributed by atoms with van der Waals surface area (Å²) in [5, 5.41) is 2.96. The van der Waals surface area contributed by atoms with Gasteiger partial charge in [-0.3, -0.25) is 4.90 Å². The summed E-state index contributed by atoms with van der Waals surface area (Å²) in [4.78, 5) is 14.5. The van der Waals surface area contributed by atoms with Crippen LogP contribution in [0.5, 0.6) is 0 Å². The molecule has 0 aromatic heterocycles. The van der Waals surface area contributed by atoms with Crippen molar-refractivity contribution in [2.75, 3.05) is 29.6 Å². The Morgan fingerprint density at radius 3 is 3.05 bits per heavy atom. The molecule has 0 bridgehead atoms. The molecule has 0 spiro atoms. The third kappa shape index (κ3) is 4.47. The summed E-state index contributed by atoms with van der Waals surface area (Å²) in [6.45, 7) is 2.57. The van der Waals surface area contributed by atoms with E-state index in [0.717, 1.165) is 0 Å². The first-order valence-electron chi connectivity index (χ1n) is 6.72. The molecule has 8 heteroatoms. The van der Waals surface area contributed by atoms with Crippen LogP contribution in [0.4, 0.5) is 14.9 Å². The lowest BCUT2D eigenvalue weighted by Crippen LogP contribution is -2.32. The number of benzene rings is 1. The molecular weight excluding hydrogens is 347 g/mol. The van der Waals surface area contributed by atoms with Gasteiger partial charge >= 0.3 is 6.09 Å². The summed E-state index contributed by atoms with van der Waals surface area (Å²) < 4.78 is 19.3. The fraction of sp³-hybridized carbons (Fsp3) is 0.429. The van der Waals surface area contributed by atoms with Crippen molar-refractivity contribution in [3.05, 3.63) is 24.0 Å². The van der Waals surface area contributed by atoms with Gasteiger partial charge < -0.3 is 10.1 Å². The number of carbonyl (C=O) groups excluding carboxylic acids is 1. The molecule has 120 valence electrons. The van der Waals surface area contributed by atoms with E-state index in [1.165, 1.54) is 22.7 Å². The molecule has 1 aliphatic rings. The number of thiocarbonyl (C=S) groups is 1. The topological polar surface area (TPSA) is 41.6 Å². The van der Waals surface area contributed by atoms with E-state index in [1.54, 1.807) is 19.1 Å². The predicted molar refractivity (Wildman–Crippen MR) is 91.7 cm³/mol. The van der Waals surface area contributed by atoms with Gasteiger partial charge in [0.15, 0.2) is 0 Å². The number of nitrogens with zero attached hydrogens (tertiary/aromatic N) is 1. The Morgan fingerprint density at radius 2 is 2.41 bits per heavy atom. The highest BCUT2D eigenvalue weighted by Gasteiger charge is 2.32. The number of alkyl halides is 1. The molecule has 4 nitrogen and oxygen atoms in total. The second kappa shape index (κ2) is 7.99. The van der Waals surface area contributed by atoms with Gasteiger partial charge in [0.2, 0.25) is 0 Å². The third-order valence-electron chi connectivity index (χ3n) is 3.01. The van der Waals surface area contributed by atoms with E-state index in [4.69, 9.17) is 28.6 Å². The summed E-state index contributed by atoms with van der Waals surface area (Å²) >= 11 is 11.9. The molecule has 1 atom stereocenters. The molecule has 1 fully saturated rings. The Balaban J connectivity index is 2.03. The van der Waals surface area contributed by atoms with Gasteiger partial charge in [0.05, 0.1) is 23.8 Å². The monoisotopic (exact) mass is 362 g/mol. The van der Waals surface area contributed by atoms with Crippen LogP contribution in [-0.2, 0) is 4.74 Å². The van der Waals surface area contributed by atoms with Crippen molar-refractivity contribution in [1.29, 1.82) is 0 Å². The van der Waals surface area contributed by atoms with Crippen LogP contribution in [0.1, 0.15) is 6.92 Å². The minimum Gasteiger partial charge on any atom is -0.442 e. The maximum absolute atomic E-state index is 14.0. The average molecular weight is 363 g/mol. The summed E-state index contributed by atoms with van der Waals surface area (Å²) in [6, 6.07) is 4.71. The molecule has 0 radical (unpaired) electrons. The van der Waals surface area contributed by atoms with Crippen LogP contribution in [0.2, 0.25) is 0 Å². The lowest BCUT2D eigenvalue weighted by molar-refractivity contribution is 0.143. The largest absolute Gasteiger partial charge is 0.442 e. The Morgan fingerprint density at radius 1 is 1.64 bits per heavy atom. The zero-order chi connectivity index (χ0) is 16.1. The van der Waals surface area contributed by atoms with Crippen molar-refractivity contribution < 1.29 is 13.9 Å². The number of nitrogens with one attached hydrogen (secondary N) is 1. The van der Waals surface area contributed by atoms with Crippen molar-refractivity contribution in [1.82, 2.24) is 5.32 Å². The van der Waals surface area contributed by atoms with E-state index in [2.05, 4.69) is 5.32 Å². The van der Waals surface area contributed by atoms with E-state index in [-0.39, 0.29) is 11.9 Å². The number of ether oxygens (including phenoxy) is 1. The summed E-state index contributed by atoms with van der Waals surface area (Å²) in [6.07, 6.45) is -0.784. The van der Waals surface area contributed by atoms with Crippen molar-refractivity contribution in [2.24, 2.45) is 0 Å². The number of halogens is 2. The molecule has 1 heterocycles. The SMILES string of the molecule is CC(=S)NC[C@H]1CN(c2ccc(SCCCl)c(F)c2)C(=O)O1. The van der Waals surface area contributed by atoms with Crippen LogP contribution in [0.15, 0.2) is 23.1 Å². The highest BCUT2D eigenvalue weighted by Crippen LogP contribution is 2.28. The van der Waals surface area contributed by atoms with Crippen LogP contribution in [-0.4, -0.2) is 41.9 Å². The third-order valence-corrected chi connectivity index (χ3v) is 4.62. The molecule has 1 N–H and O–H groups in total. The van der Waals surface area contributed by atoms with Crippen molar-refractivity contribution >= 4 is 52.3 Å². The molecular formula is C14H16ClFN2O2S2. The molecule has 0 unspecified atom stereocenters. The maximum Gasteiger partial charge on any atom is 0.414 e. The number of thioether (sulfide) groups is 1. The Hall–Kier alpha value is -1.05. The number of anilines is 1. The molecule has 1 aromatic rings. The van der Waals surface area contributed by atoms with E-state index in [1.807, 2.05) is 0 Å². The highest BCUT2D eigenvalue weighted by molar-refractivity contribution is 7.99. The molecule has 1 amide bonds. The molecule has 1 aliphatic heterocycles. The Labute approximate surface area is 143 Å². The smallest absolute Gasteiger partial charge is 0.414 e. The molecule has 1 saturated heterocycles. The minimum absolute atomic E-state index is 0.307. The molecule has 2 rings (SSSR count). The van der Waals surface area contributed by atoms with Gasteiger partial charge in [-0.2, -0.15) is 0 Å². The second-order valence-electron chi connectivity index (χ2n) is 4.71. The standard InChI is InChI=1S/C14H16ClFN2O2S2/c1-9(21)17-7-11-8-18(14(19)20-11)10-2-3-13(12(16)6-10)22-5-4-15/h2-3,6,11H,4-5,7-8H2,1H3,(H,17,21)/t11-/m0/s1. The fourth-order valence-electron chi connectivity index (χ4n) is 2.02. The van der Waals surface area contributed by atoms with Gasteiger partial charge in [0, 0.05) is 16.5 Å². The van der Waals surface area contributed by atoms with Crippen LogP contribution in [0.25, 0.3) is 0 Å². The Bertz CT molecular complexity index is 574. The lowest BCUT2D eigenvalue weighted by atomic mass is 10.2. The predicted octanol–water partition coefficient (Wildman–Crippen LogP) is 3.42. The second-order valence-corrected chi connectivity index (χ2v) is 6.83. The van der Waals surface area contributed by atoms with Crippen LogP contribution in [0.3, 0.4) is 0 Å². The quantitative estimate of drug-likeness (QED) is 0.477. The first-order valence-corrected chi connectivity index (χ1v) is 8.65. The van der Waals surface area contributed by atoms with E-state index in [9.17, 15) is 9.18 Å². The average Bonchev–Trinajstić information content (AvgIpc) is 2.85. The van der Waals surface area contributed by atoms with Crippen LogP contribution in [0, 0.1) is 5.82 Å². The van der Waals surface area contributed by atoms with E-state index in [0.29, 0.717) is 40.3 Å². The van der Waals surface area contributed by atoms with Gasteiger partial charge in [-0.1, -0.05) is 12.2 Å². The van der Waals surface area contributed by atoms with Crippen LogP contribution >= 0.6 is 35.6 Å². The highest BCUT2D eigenvalue weighted by atomic mass is 35.5. The lowest BCUT2D eigenvalue weighted by Gasteiger charge is -2.14. The van der Waals surface area contributed by atoms with E-state index >= 15 is 0 Å². The molecule has 0 saturated carbocycles. The van der Waals surface area contributed by atoms with Gasteiger partial charge in [0.25, 0.3) is 0 Å². The normalized spacial score (nSPS) is 17.5. The van der Waals surface area contributed by atoms with Gasteiger partial charge in [-0.15, -0.1) is 23.4 Å². The minimum atomic E-state index is -0.477. The van der Waals surface area contributed by atoms with Gasteiger partial charge in [0.1, 0.15) is 11.9 Å². The molecule has 0 aliphatic carbocycles. The Kier molecular flexibility index (Phi) is 6.28. The number of rotatable bonds is 6. The first-order chi connectivity index (χ1) is 10.5. The van der Waals surface area contributed by atoms with Gasteiger partial charge in [-0.05, 0) is 25.1 Å². The fourth-order valence-corrected chi connectivity index (χ4v) is 2.99. The maximum atomic E-state index is 14.0. The van der Waals surface area contributed by atoms with Crippen LogP contribution < -0.4 is 10.2 Å². The van der Waals surface area contributed by atoms with Crippen molar-refractivity contribution in [3.63, 3.8) is 0 Å². The van der Waals surface area contributed by atoms with Crippen molar-refractivity contribution in [2.45, 2.75) is 17.9 Å². The molecule has 1 aromatic carbocycles. The zero-order valence-electron chi connectivity index (χ0n) is 12.0. The van der Waals surface area contributed by atoms with Crippen molar-refractivity contribution in [3.8, 4) is 0 Å². The summed E-state index contributed by atoms with van der Waals surface area (Å²) in [5.74, 6) is 0.726. The number of carbonyl (C=O) groups is 1. The molecule has 22 heavy (non-hydrogen) atoms. The number of amides is 1. The zero-order valence-corrected chi connectivity index (χ0v) is 14.4. The summed E-state index contributed by atoms with van der Waals surface area (Å²) in [7, 11) is 0. The van der Waals surface area contributed by atoms with Gasteiger partial charge in [-0.25, -0.2) is 9.18 Å². The number of hydrogen-bond acceptors (Lipinski definition) is 4. The summed E-state index contributed by atoms with van der Waals surface area (Å²) in [5.41, 5.74) is 0.485. The first kappa shape index (κ1) is 17.3. The number of hydrogen-bond donors (Lipinski definition) is 1.